The van der Waals surface area contributed by atoms with Gasteiger partial charge in [0.05, 0.1) is 0 Å². The summed E-state index contributed by atoms with van der Waals surface area (Å²) in [6, 6.07) is 4.67. The van der Waals surface area contributed by atoms with Crippen molar-refractivity contribution in [3.8, 4) is 6.07 Å². The largest absolute Gasteiger partial charge is 0.481 e. The van der Waals surface area contributed by atoms with Crippen LogP contribution in [0.15, 0.2) is 16.3 Å². The van der Waals surface area contributed by atoms with Crippen molar-refractivity contribution in [2.45, 2.75) is 24.0 Å². The molecule has 1 heterocycles. The third-order valence-electron chi connectivity index (χ3n) is 2.56. The van der Waals surface area contributed by atoms with Gasteiger partial charge in [0.15, 0.2) is 0 Å². The van der Waals surface area contributed by atoms with Gasteiger partial charge in [-0.15, -0.1) is 11.3 Å². The molecule has 1 aromatic rings. The average molecular weight is 302 g/mol. The van der Waals surface area contributed by atoms with E-state index in [1.54, 1.807) is 6.92 Å². The first-order valence-electron chi connectivity index (χ1n) is 5.60. The molecule has 1 unspecified atom stereocenters. The number of nitrogens with one attached hydrogen (secondary N) is 1. The number of rotatable bonds is 7. The highest BCUT2D eigenvalue weighted by atomic mass is 32.2. The maximum atomic E-state index is 11.9. The fraction of sp³-hybridized carbons (Fsp3) is 0.455. The zero-order chi connectivity index (χ0) is 14.5. The first kappa shape index (κ1) is 15.6. The van der Waals surface area contributed by atoms with E-state index in [1.807, 2.05) is 6.07 Å². The minimum absolute atomic E-state index is 0.0641. The number of nitriles is 1. The fourth-order valence-electron chi connectivity index (χ4n) is 1.43. The SMILES string of the molecule is CCC(CNS(=O)(=O)c1ccc(C#N)s1)CC(=O)O. The molecule has 8 heteroatoms. The number of aliphatic carboxylic acids is 1. The Kier molecular flexibility index (Phi) is 5.47. The van der Waals surface area contributed by atoms with Crippen LogP contribution in [0.1, 0.15) is 24.6 Å². The summed E-state index contributed by atoms with van der Waals surface area (Å²) < 4.78 is 26.3. The van der Waals surface area contributed by atoms with Crippen molar-refractivity contribution in [1.29, 1.82) is 5.26 Å². The average Bonchev–Trinajstić information content (AvgIpc) is 2.83. The van der Waals surface area contributed by atoms with E-state index in [0.29, 0.717) is 11.3 Å². The van der Waals surface area contributed by atoms with Gasteiger partial charge in [0.1, 0.15) is 15.2 Å². The van der Waals surface area contributed by atoms with Gasteiger partial charge < -0.3 is 5.11 Å². The standard InChI is InChI=1S/C11H14N2O4S2/c1-2-8(5-10(14)15)7-13-19(16,17)11-4-3-9(6-12)18-11/h3-4,8,13H,2,5,7H2,1H3,(H,14,15). The first-order valence-corrected chi connectivity index (χ1v) is 7.90. The molecule has 104 valence electrons. The van der Waals surface area contributed by atoms with E-state index in [0.717, 1.165) is 11.3 Å². The van der Waals surface area contributed by atoms with Gasteiger partial charge in [0.2, 0.25) is 10.0 Å². The van der Waals surface area contributed by atoms with Crippen LogP contribution < -0.4 is 4.72 Å². The lowest BCUT2D eigenvalue weighted by molar-refractivity contribution is -0.138. The molecule has 0 amide bonds. The normalized spacial score (nSPS) is 12.8. The summed E-state index contributed by atoms with van der Waals surface area (Å²) in [4.78, 5) is 10.9. The second-order valence-electron chi connectivity index (χ2n) is 3.95. The van der Waals surface area contributed by atoms with E-state index < -0.39 is 16.0 Å². The summed E-state index contributed by atoms with van der Waals surface area (Å²) in [7, 11) is -3.67. The molecule has 0 aliphatic carbocycles. The van der Waals surface area contributed by atoms with Gasteiger partial charge in [-0.1, -0.05) is 13.3 Å². The fourth-order valence-corrected chi connectivity index (χ4v) is 3.70. The lowest BCUT2D eigenvalue weighted by Gasteiger charge is -2.12. The molecule has 0 saturated heterocycles. The van der Waals surface area contributed by atoms with Crippen LogP contribution >= 0.6 is 11.3 Å². The van der Waals surface area contributed by atoms with Crippen molar-refractivity contribution in [2.75, 3.05) is 6.54 Å². The molecule has 1 aromatic heterocycles. The van der Waals surface area contributed by atoms with E-state index in [9.17, 15) is 13.2 Å². The van der Waals surface area contributed by atoms with Crippen molar-refractivity contribution in [3.63, 3.8) is 0 Å². The third kappa shape index (κ3) is 4.63. The number of carboxylic acid groups (broad SMARTS) is 1. The third-order valence-corrected chi connectivity index (χ3v) is 5.46. The highest BCUT2D eigenvalue weighted by Crippen LogP contribution is 2.21. The highest BCUT2D eigenvalue weighted by Gasteiger charge is 2.19. The maximum Gasteiger partial charge on any atom is 0.303 e. The molecule has 19 heavy (non-hydrogen) atoms. The van der Waals surface area contributed by atoms with Crippen LogP contribution in [0.2, 0.25) is 0 Å². The van der Waals surface area contributed by atoms with Gasteiger partial charge in [-0.3, -0.25) is 4.79 Å². The van der Waals surface area contributed by atoms with E-state index >= 15 is 0 Å². The van der Waals surface area contributed by atoms with Gasteiger partial charge in [-0.2, -0.15) is 5.26 Å². The Balaban J connectivity index is 2.70. The highest BCUT2D eigenvalue weighted by molar-refractivity contribution is 7.91. The van der Waals surface area contributed by atoms with E-state index in [4.69, 9.17) is 10.4 Å². The first-order chi connectivity index (χ1) is 8.89. The Morgan fingerprint density at radius 2 is 2.26 bits per heavy atom. The van der Waals surface area contributed by atoms with E-state index in [1.165, 1.54) is 12.1 Å². The molecule has 1 atom stereocenters. The summed E-state index contributed by atoms with van der Waals surface area (Å²) in [5, 5.41) is 17.3. The Bertz CT molecular complexity index is 586. The lowest BCUT2D eigenvalue weighted by Crippen LogP contribution is -2.29. The molecule has 0 radical (unpaired) electrons. The molecule has 0 aliphatic rings. The molecular formula is C11H14N2O4S2. The predicted octanol–water partition coefficient (Wildman–Crippen LogP) is 1.40. The summed E-state index contributed by atoms with van der Waals surface area (Å²) in [6.45, 7) is 1.88. The van der Waals surface area contributed by atoms with Crippen LogP contribution in [0.4, 0.5) is 0 Å². The Morgan fingerprint density at radius 1 is 1.58 bits per heavy atom. The zero-order valence-corrected chi connectivity index (χ0v) is 11.9. The predicted molar refractivity (Wildman–Crippen MR) is 70.3 cm³/mol. The molecular weight excluding hydrogens is 288 g/mol. The van der Waals surface area contributed by atoms with Crippen molar-refractivity contribution < 1.29 is 18.3 Å². The minimum atomic E-state index is -3.67. The number of hydrogen-bond acceptors (Lipinski definition) is 5. The molecule has 0 aliphatic heterocycles. The summed E-state index contributed by atoms with van der Waals surface area (Å²) in [5.74, 6) is -1.20. The Hall–Kier alpha value is -1.43. The summed E-state index contributed by atoms with van der Waals surface area (Å²) in [6.07, 6.45) is 0.496. The summed E-state index contributed by atoms with van der Waals surface area (Å²) in [5.41, 5.74) is 0. The molecule has 1 rings (SSSR count). The van der Waals surface area contributed by atoms with Gasteiger partial charge in [-0.25, -0.2) is 13.1 Å². The number of carbonyl (C=O) groups is 1. The maximum absolute atomic E-state index is 11.9. The molecule has 0 fully saturated rings. The molecule has 0 spiro atoms. The van der Waals surface area contributed by atoms with E-state index in [-0.39, 0.29) is 23.1 Å². The van der Waals surface area contributed by atoms with Crippen LogP contribution in [0.3, 0.4) is 0 Å². The van der Waals surface area contributed by atoms with Gasteiger partial charge in [0, 0.05) is 13.0 Å². The molecule has 0 aromatic carbocycles. The van der Waals surface area contributed by atoms with Crippen LogP contribution in [0.5, 0.6) is 0 Å². The van der Waals surface area contributed by atoms with Crippen molar-refractivity contribution in [1.82, 2.24) is 4.72 Å². The van der Waals surface area contributed by atoms with Gasteiger partial charge >= 0.3 is 5.97 Å². The van der Waals surface area contributed by atoms with Crippen molar-refractivity contribution in [3.05, 3.63) is 17.0 Å². The van der Waals surface area contributed by atoms with Gasteiger partial charge in [0.25, 0.3) is 0 Å². The zero-order valence-electron chi connectivity index (χ0n) is 10.3. The van der Waals surface area contributed by atoms with Crippen molar-refractivity contribution in [2.24, 2.45) is 5.92 Å². The number of sulfonamides is 1. The van der Waals surface area contributed by atoms with Crippen LogP contribution in [0, 0.1) is 17.2 Å². The quantitative estimate of drug-likeness (QED) is 0.791. The van der Waals surface area contributed by atoms with E-state index in [2.05, 4.69) is 4.72 Å². The number of nitrogens with zero attached hydrogens (tertiary/aromatic N) is 1. The number of thiophene rings is 1. The molecule has 0 bridgehead atoms. The Morgan fingerprint density at radius 3 is 2.74 bits per heavy atom. The molecule has 2 N–H and O–H groups in total. The van der Waals surface area contributed by atoms with Crippen LogP contribution in [-0.2, 0) is 14.8 Å². The second kappa shape index (κ2) is 6.65. The molecule has 6 nitrogen and oxygen atoms in total. The van der Waals surface area contributed by atoms with Crippen LogP contribution in [0.25, 0.3) is 0 Å². The Labute approximate surface area is 115 Å². The smallest absolute Gasteiger partial charge is 0.303 e. The summed E-state index contributed by atoms with van der Waals surface area (Å²) >= 11 is 0.885. The van der Waals surface area contributed by atoms with Gasteiger partial charge in [-0.05, 0) is 18.1 Å². The monoisotopic (exact) mass is 302 g/mol. The topological polar surface area (TPSA) is 107 Å². The van der Waals surface area contributed by atoms with Crippen LogP contribution in [-0.4, -0.2) is 26.0 Å². The molecule has 0 saturated carbocycles. The second-order valence-corrected chi connectivity index (χ2v) is 7.03. The lowest BCUT2D eigenvalue weighted by atomic mass is 10.0. The number of carboxylic acids is 1. The van der Waals surface area contributed by atoms with Crippen molar-refractivity contribution >= 4 is 27.3 Å². The number of hydrogen-bond donors (Lipinski definition) is 2. The minimum Gasteiger partial charge on any atom is -0.481 e.